The highest BCUT2D eigenvalue weighted by atomic mass is 32.7. The second-order valence-electron chi connectivity index (χ2n) is 3.99. The van der Waals surface area contributed by atoms with E-state index >= 15 is 0 Å². The molecule has 0 heterocycles. The summed E-state index contributed by atoms with van der Waals surface area (Å²) in [7, 11) is 0. The van der Waals surface area contributed by atoms with Crippen LogP contribution in [0.5, 0.6) is 0 Å². The summed E-state index contributed by atoms with van der Waals surface area (Å²) in [5.41, 5.74) is 0. The molecule has 0 saturated heterocycles. The standard InChI is InChI=1S/C15H16PS/c1-2-13-16(17,14-9-5-3-6-10-14)15-11-7-4-8-12-15/h3-12H,1-2,13H2. The lowest BCUT2D eigenvalue weighted by Crippen LogP contribution is -2.22. The van der Waals surface area contributed by atoms with E-state index < -0.39 is 6.46 Å². The molecule has 0 aromatic heterocycles. The fraction of sp³-hybridized carbons (Fsp3) is 0.133. The Bertz CT molecular complexity index is 413. The molecule has 0 atom stereocenters. The van der Waals surface area contributed by atoms with Gasteiger partial charge in [0.2, 0.25) is 0 Å². The first kappa shape index (κ1) is 12.7. The van der Waals surface area contributed by atoms with Crippen molar-refractivity contribution in [3.05, 3.63) is 67.6 Å². The molecular weight excluding hydrogens is 243 g/mol. The Labute approximate surface area is 110 Å². The Morgan fingerprint density at radius 1 is 0.824 bits per heavy atom. The largest absolute Gasteiger partial charge is 0.546 e. The van der Waals surface area contributed by atoms with E-state index in [0.29, 0.717) is 0 Å². The van der Waals surface area contributed by atoms with E-state index in [2.05, 4.69) is 55.5 Å². The normalized spacial score (nSPS) is 11.4. The zero-order valence-electron chi connectivity index (χ0n) is 9.75. The lowest BCUT2D eigenvalue weighted by Gasteiger charge is -2.32. The zero-order chi connectivity index (χ0) is 12.1. The van der Waals surface area contributed by atoms with Crippen LogP contribution in [-0.2, 0) is 12.2 Å². The molecule has 0 aliphatic heterocycles. The predicted octanol–water partition coefficient (Wildman–Crippen LogP) is 3.34. The highest BCUT2D eigenvalue weighted by Crippen LogP contribution is 2.54. The second kappa shape index (κ2) is 5.71. The van der Waals surface area contributed by atoms with Gasteiger partial charge in [-0.25, -0.2) is 0 Å². The van der Waals surface area contributed by atoms with Crippen molar-refractivity contribution < 1.29 is 0 Å². The van der Waals surface area contributed by atoms with Crippen molar-refractivity contribution in [3.63, 3.8) is 0 Å². The van der Waals surface area contributed by atoms with Gasteiger partial charge in [0.25, 0.3) is 0 Å². The van der Waals surface area contributed by atoms with Gasteiger partial charge >= 0.3 is 0 Å². The van der Waals surface area contributed by atoms with E-state index in [4.69, 9.17) is 12.2 Å². The molecule has 0 unspecified atom stereocenters. The third-order valence-electron chi connectivity index (χ3n) is 2.82. The predicted molar refractivity (Wildman–Crippen MR) is 81.3 cm³/mol. The third-order valence-corrected chi connectivity index (χ3v) is 7.84. The Morgan fingerprint density at radius 3 is 1.59 bits per heavy atom. The maximum Gasteiger partial charge on any atom is 0.0777 e. The summed E-state index contributed by atoms with van der Waals surface area (Å²) >= 11 is 6.01. The molecule has 2 rings (SSSR count). The van der Waals surface area contributed by atoms with Gasteiger partial charge < -0.3 is 12.2 Å². The molecule has 2 aromatic rings. The summed E-state index contributed by atoms with van der Waals surface area (Å²) in [5, 5.41) is 2.59. The maximum atomic E-state index is 6.01. The first-order valence-corrected chi connectivity index (χ1v) is 8.75. The van der Waals surface area contributed by atoms with E-state index in [9.17, 15) is 0 Å². The first-order valence-electron chi connectivity index (χ1n) is 5.77. The lowest BCUT2D eigenvalue weighted by molar-refractivity contribution is 1.24. The van der Waals surface area contributed by atoms with E-state index in [0.717, 1.165) is 12.6 Å². The summed E-state index contributed by atoms with van der Waals surface area (Å²) in [6, 6.07) is 21.0. The number of hydrogen-bond donors (Lipinski definition) is 0. The van der Waals surface area contributed by atoms with Crippen LogP contribution in [0.2, 0.25) is 0 Å². The van der Waals surface area contributed by atoms with Crippen LogP contribution in [0.25, 0.3) is 0 Å². The van der Waals surface area contributed by atoms with Gasteiger partial charge in [0.15, 0.2) is 0 Å². The summed E-state index contributed by atoms with van der Waals surface area (Å²) in [4.78, 5) is 0. The van der Waals surface area contributed by atoms with Crippen molar-refractivity contribution in [2.75, 3.05) is 6.16 Å². The van der Waals surface area contributed by atoms with Gasteiger partial charge in [-0.2, -0.15) is 0 Å². The molecule has 0 amide bonds. The highest BCUT2D eigenvalue weighted by molar-refractivity contribution is 8.48. The average molecular weight is 259 g/mol. The van der Waals surface area contributed by atoms with Gasteiger partial charge in [-0.3, -0.25) is 0 Å². The number of rotatable bonds is 4. The van der Waals surface area contributed by atoms with Crippen molar-refractivity contribution in [3.8, 4) is 0 Å². The summed E-state index contributed by atoms with van der Waals surface area (Å²) < 4.78 is 0. The van der Waals surface area contributed by atoms with Crippen LogP contribution in [0, 0.1) is 6.92 Å². The minimum Gasteiger partial charge on any atom is -0.546 e. The molecule has 0 aliphatic carbocycles. The third kappa shape index (κ3) is 2.73. The molecule has 1 radical (unpaired) electrons. The monoisotopic (exact) mass is 259 g/mol. The molecule has 0 bridgehead atoms. The van der Waals surface area contributed by atoms with Crippen molar-refractivity contribution in [1.29, 1.82) is 0 Å². The van der Waals surface area contributed by atoms with Gasteiger partial charge in [0.05, 0.1) is 10.6 Å². The van der Waals surface area contributed by atoms with E-state index in [1.165, 1.54) is 10.6 Å². The molecule has 87 valence electrons. The average Bonchev–Trinajstić information content (AvgIpc) is 2.41. The molecule has 0 spiro atoms. The molecule has 0 N–H and O–H groups in total. The smallest absolute Gasteiger partial charge is 0.0777 e. The fourth-order valence-corrected chi connectivity index (χ4v) is 5.65. The minimum absolute atomic E-state index is 0.890. The molecular formula is C15H16PS. The van der Waals surface area contributed by atoms with E-state index in [-0.39, 0.29) is 0 Å². The SMILES string of the molecule is [CH2]CC[P+]([S-])(c1ccccc1)c1ccccc1. The van der Waals surface area contributed by atoms with E-state index in [1.54, 1.807) is 0 Å². The molecule has 2 heteroatoms. The van der Waals surface area contributed by atoms with Crippen LogP contribution in [0.4, 0.5) is 0 Å². The number of benzene rings is 2. The van der Waals surface area contributed by atoms with Crippen molar-refractivity contribution >= 4 is 29.3 Å². The van der Waals surface area contributed by atoms with E-state index in [1.807, 2.05) is 12.1 Å². The topological polar surface area (TPSA) is 0 Å². The van der Waals surface area contributed by atoms with Crippen LogP contribution >= 0.6 is 6.46 Å². The molecule has 0 fully saturated rings. The van der Waals surface area contributed by atoms with Crippen LogP contribution in [0.3, 0.4) is 0 Å². The van der Waals surface area contributed by atoms with Crippen molar-refractivity contribution in [2.24, 2.45) is 0 Å². The summed E-state index contributed by atoms with van der Waals surface area (Å²) in [5.74, 6) is 0. The molecule has 0 saturated carbocycles. The minimum atomic E-state index is -1.65. The lowest BCUT2D eigenvalue weighted by atomic mass is 10.4. The zero-order valence-corrected chi connectivity index (χ0v) is 11.5. The second-order valence-corrected chi connectivity index (χ2v) is 8.82. The summed E-state index contributed by atoms with van der Waals surface area (Å²) in [6.07, 6.45) is 1.89. The maximum absolute atomic E-state index is 6.01. The first-order chi connectivity index (χ1) is 8.27. The van der Waals surface area contributed by atoms with Gasteiger partial charge in [0.1, 0.15) is 0 Å². The molecule has 0 aliphatic rings. The number of hydrogen-bond acceptors (Lipinski definition) is 1. The Morgan fingerprint density at radius 2 is 1.24 bits per heavy atom. The van der Waals surface area contributed by atoms with Crippen LogP contribution in [-0.4, -0.2) is 6.16 Å². The quantitative estimate of drug-likeness (QED) is 0.599. The highest BCUT2D eigenvalue weighted by Gasteiger charge is 2.27. The van der Waals surface area contributed by atoms with Crippen LogP contribution in [0.15, 0.2) is 60.7 Å². The Hall–Kier alpha value is -0.780. The van der Waals surface area contributed by atoms with Crippen LogP contribution in [0.1, 0.15) is 6.42 Å². The van der Waals surface area contributed by atoms with Crippen molar-refractivity contribution in [2.45, 2.75) is 6.42 Å². The molecule has 17 heavy (non-hydrogen) atoms. The fourth-order valence-electron chi connectivity index (χ4n) is 1.97. The van der Waals surface area contributed by atoms with Crippen LogP contribution < -0.4 is 10.6 Å². The Kier molecular flexibility index (Phi) is 4.25. The summed E-state index contributed by atoms with van der Waals surface area (Å²) in [6.45, 7) is 2.33. The van der Waals surface area contributed by atoms with Gasteiger partial charge in [0, 0.05) is 6.16 Å². The van der Waals surface area contributed by atoms with Gasteiger partial charge in [-0.05, 0) is 44.1 Å². The molecule has 2 aromatic carbocycles. The van der Waals surface area contributed by atoms with Crippen molar-refractivity contribution in [1.82, 2.24) is 0 Å². The Balaban J connectivity index is 2.47. The van der Waals surface area contributed by atoms with Gasteiger partial charge in [-0.15, -0.1) is 0 Å². The molecule has 0 nitrogen and oxygen atoms in total. The van der Waals surface area contributed by atoms with Gasteiger partial charge in [-0.1, -0.05) is 36.4 Å².